The summed E-state index contributed by atoms with van der Waals surface area (Å²) in [7, 11) is 0. The van der Waals surface area contributed by atoms with Crippen LogP contribution >= 0.6 is 11.3 Å². The second-order valence-corrected chi connectivity index (χ2v) is 7.35. The lowest BCUT2D eigenvalue weighted by molar-refractivity contribution is -0.137. The molecule has 1 fully saturated rings. The third-order valence-corrected chi connectivity index (χ3v) is 5.56. The van der Waals surface area contributed by atoms with E-state index in [4.69, 9.17) is 9.72 Å². The zero-order valence-electron chi connectivity index (χ0n) is 15.0. The highest BCUT2D eigenvalue weighted by atomic mass is 32.1. The number of hydrogen-bond acceptors (Lipinski definition) is 5. The van der Waals surface area contributed by atoms with Crippen LogP contribution < -0.4 is 4.74 Å². The summed E-state index contributed by atoms with van der Waals surface area (Å²) in [5.74, 6) is 0.724. The molecule has 1 aromatic carbocycles. The van der Waals surface area contributed by atoms with Crippen molar-refractivity contribution in [3.8, 4) is 16.5 Å². The van der Waals surface area contributed by atoms with Gasteiger partial charge in [0.1, 0.15) is 10.8 Å². The average Bonchev–Trinajstić information content (AvgIpc) is 3.23. The molecule has 0 N–H and O–H groups in total. The van der Waals surface area contributed by atoms with Crippen molar-refractivity contribution < 1.29 is 9.53 Å². The van der Waals surface area contributed by atoms with Crippen LogP contribution in [0.4, 0.5) is 0 Å². The lowest BCUT2D eigenvalue weighted by Crippen LogP contribution is -2.41. The van der Waals surface area contributed by atoms with Crippen molar-refractivity contribution in [3.63, 3.8) is 0 Å². The Bertz CT molecular complexity index is 883. The number of rotatable bonds is 5. The minimum Gasteiger partial charge on any atom is -0.484 e. The fourth-order valence-corrected chi connectivity index (χ4v) is 4.17. The van der Waals surface area contributed by atoms with Crippen LogP contribution in [0.5, 0.6) is 5.75 Å². The third-order valence-electron chi connectivity index (χ3n) is 4.68. The molecule has 1 aliphatic heterocycles. The van der Waals surface area contributed by atoms with Crippen LogP contribution in [0.3, 0.4) is 0 Å². The Labute approximate surface area is 162 Å². The van der Waals surface area contributed by atoms with Crippen LogP contribution in [-0.4, -0.2) is 33.9 Å². The number of hydrogen-bond donors (Lipinski definition) is 0. The summed E-state index contributed by atoms with van der Waals surface area (Å²) < 4.78 is 5.66. The molecule has 27 heavy (non-hydrogen) atoms. The Morgan fingerprint density at radius 1 is 1.15 bits per heavy atom. The average molecular weight is 379 g/mol. The molecule has 0 bridgehead atoms. The van der Waals surface area contributed by atoms with Gasteiger partial charge in [0.05, 0.1) is 17.4 Å². The van der Waals surface area contributed by atoms with Crippen molar-refractivity contribution >= 4 is 17.2 Å². The van der Waals surface area contributed by atoms with E-state index in [0.29, 0.717) is 5.75 Å². The largest absolute Gasteiger partial charge is 0.484 e. The van der Waals surface area contributed by atoms with Crippen molar-refractivity contribution in [2.75, 3.05) is 13.2 Å². The van der Waals surface area contributed by atoms with Gasteiger partial charge in [-0.2, -0.15) is 0 Å². The number of thiazole rings is 1. The highest BCUT2D eigenvalue weighted by Gasteiger charge is 2.30. The van der Waals surface area contributed by atoms with Crippen LogP contribution in [0.25, 0.3) is 10.7 Å². The number of piperidine rings is 1. The molecule has 6 heteroatoms. The summed E-state index contributed by atoms with van der Waals surface area (Å²) in [6, 6.07) is 15.3. The summed E-state index contributed by atoms with van der Waals surface area (Å²) in [6.07, 6.45) is 4.82. The van der Waals surface area contributed by atoms with Gasteiger partial charge in [0, 0.05) is 18.1 Å². The van der Waals surface area contributed by atoms with Gasteiger partial charge in [0.25, 0.3) is 5.91 Å². The summed E-state index contributed by atoms with van der Waals surface area (Å²) >= 11 is 1.58. The Morgan fingerprint density at radius 2 is 2.00 bits per heavy atom. The maximum Gasteiger partial charge on any atom is 0.261 e. The molecule has 0 aliphatic carbocycles. The van der Waals surface area contributed by atoms with Gasteiger partial charge in [-0.05, 0) is 43.5 Å². The lowest BCUT2D eigenvalue weighted by Gasteiger charge is -2.34. The summed E-state index contributed by atoms with van der Waals surface area (Å²) in [6.45, 7) is 0.801. The van der Waals surface area contributed by atoms with Crippen LogP contribution in [0.2, 0.25) is 0 Å². The molecule has 138 valence electrons. The van der Waals surface area contributed by atoms with Gasteiger partial charge in [-0.1, -0.05) is 24.3 Å². The van der Waals surface area contributed by atoms with Crippen molar-refractivity contribution in [2.24, 2.45) is 0 Å². The fraction of sp³-hybridized carbons (Fsp3) is 0.286. The second kappa shape index (κ2) is 8.31. The van der Waals surface area contributed by atoms with Crippen molar-refractivity contribution in [2.45, 2.75) is 25.3 Å². The van der Waals surface area contributed by atoms with E-state index in [1.807, 2.05) is 53.4 Å². The van der Waals surface area contributed by atoms with Gasteiger partial charge in [-0.15, -0.1) is 11.3 Å². The third kappa shape index (κ3) is 4.17. The van der Waals surface area contributed by atoms with Crippen LogP contribution in [-0.2, 0) is 4.79 Å². The van der Waals surface area contributed by atoms with Crippen LogP contribution in [0.15, 0.2) is 60.1 Å². The molecule has 1 aliphatic rings. The summed E-state index contributed by atoms with van der Waals surface area (Å²) in [5, 5.41) is 2.95. The number of ether oxygens (including phenoxy) is 1. The van der Waals surface area contributed by atoms with Crippen molar-refractivity contribution in [1.82, 2.24) is 14.9 Å². The summed E-state index contributed by atoms with van der Waals surface area (Å²) in [5.41, 5.74) is 1.82. The zero-order valence-corrected chi connectivity index (χ0v) is 15.8. The highest BCUT2D eigenvalue weighted by molar-refractivity contribution is 7.13. The quantitative estimate of drug-likeness (QED) is 0.662. The van der Waals surface area contributed by atoms with Gasteiger partial charge >= 0.3 is 0 Å². The van der Waals surface area contributed by atoms with Crippen LogP contribution in [0, 0.1) is 0 Å². The van der Waals surface area contributed by atoms with E-state index in [1.54, 1.807) is 17.5 Å². The first-order chi connectivity index (χ1) is 13.3. The predicted molar refractivity (Wildman–Crippen MR) is 106 cm³/mol. The maximum atomic E-state index is 12.8. The Balaban J connectivity index is 1.47. The standard InChI is InChI=1S/C21H21N3O2S/c25-20(14-26-16-8-2-1-3-9-16)24-13-7-5-11-19(24)18-15-27-21(23-18)17-10-4-6-12-22-17/h1-4,6,8-10,12,15,19H,5,7,11,13-14H2. The lowest BCUT2D eigenvalue weighted by atomic mass is 10.00. The second-order valence-electron chi connectivity index (χ2n) is 6.49. The van der Waals surface area contributed by atoms with Crippen LogP contribution in [0.1, 0.15) is 31.0 Å². The molecule has 3 heterocycles. The van der Waals surface area contributed by atoms with E-state index >= 15 is 0 Å². The summed E-state index contributed by atoms with van der Waals surface area (Å²) in [4.78, 5) is 23.9. The number of aromatic nitrogens is 2. The molecule has 1 atom stereocenters. The number of likely N-dealkylation sites (tertiary alicyclic amines) is 1. The molecular formula is C21H21N3O2S. The molecule has 3 aromatic rings. The Morgan fingerprint density at radius 3 is 2.81 bits per heavy atom. The maximum absolute atomic E-state index is 12.8. The van der Waals surface area contributed by atoms with E-state index < -0.39 is 0 Å². The minimum atomic E-state index is 0.0101. The van der Waals surface area contributed by atoms with Gasteiger partial charge < -0.3 is 9.64 Å². The number of pyridine rings is 1. The first-order valence-corrected chi connectivity index (χ1v) is 10.0. The van der Waals surface area contributed by atoms with E-state index in [-0.39, 0.29) is 18.6 Å². The molecule has 1 amide bonds. The van der Waals surface area contributed by atoms with Gasteiger partial charge in [0.15, 0.2) is 6.61 Å². The van der Waals surface area contributed by atoms with E-state index in [2.05, 4.69) is 10.4 Å². The molecule has 1 unspecified atom stereocenters. The Kier molecular flexibility index (Phi) is 5.44. The fourth-order valence-electron chi connectivity index (χ4n) is 3.33. The number of benzene rings is 1. The zero-order chi connectivity index (χ0) is 18.5. The molecule has 0 spiro atoms. The predicted octanol–water partition coefficient (Wildman–Crippen LogP) is 4.34. The number of para-hydroxylation sites is 1. The van der Waals surface area contributed by atoms with Gasteiger partial charge in [0.2, 0.25) is 0 Å². The minimum absolute atomic E-state index is 0.0101. The highest BCUT2D eigenvalue weighted by Crippen LogP contribution is 2.33. The van der Waals surface area contributed by atoms with Gasteiger partial charge in [-0.25, -0.2) is 4.98 Å². The Hall–Kier alpha value is -2.73. The molecule has 4 rings (SSSR count). The van der Waals surface area contributed by atoms with Crippen molar-refractivity contribution in [3.05, 3.63) is 65.8 Å². The van der Waals surface area contributed by atoms with E-state index in [1.165, 1.54) is 0 Å². The first kappa shape index (κ1) is 17.7. The molecule has 0 saturated carbocycles. The van der Waals surface area contributed by atoms with Gasteiger partial charge in [-0.3, -0.25) is 9.78 Å². The number of nitrogens with zero attached hydrogens (tertiary/aromatic N) is 3. The smallest absolute Gasteiger partial charge is 0.261 e. The molecule has 5 nitrogen and oxygen atoms in total. The monoisotopic (exact) mass is 379 g/mol. The van der Waals surface area contributed by atoms with Crippen molar-refractivity contribution in [1.29, 1.82) is 0 Å². The van der Waals surface area contributed by atoms with E-state index in [9.17, 15) is 4.79 Å². The number of carbonyl (C=O) groups excluding carboxylic acids is 1. The topological polar surface area (TPSA) is 55.3 Å². The first-order valence-electron chi connectivity index (χ1n) is 9.15. The normalized spacial score (nSPS) is 16.9. The number of amides is 1. The number of carbonyl (C=O) groups is 1. The molecule has 2 aromatic heterocycles. The SMILES string of the molecule is O=C(COc1ccccc1)N1CCCCC1c1csc(-c2ccccn2)n1. The molecule has 0 radical (unpaired) electrons. The van der Waals surface area contributed by atoms with E-state index in [0.717, 1.165) is 42.2 Å². The molecular weight excluding hydrogens is 358 g/mol. The molecule has 1 saturated heterocycles.